The van der Waals surface area contributed by atoms with Gasteiger partial charge in [-0.1, -0.05) is 18.2 Å². The molecule has 1 aromatic carbocycles. The van der Waals surface area contributed by atoms with Gasteiger partial charge in [-0.3, -0.25) is 4.98 Å². The molecule has 0 saturated heterocycles. The Morgan fingerprint density at radius 1 is 1.35 bits per heavy atom. The number of fused-ring (bicyclic) bond motifs is 1. The number of hydrogen-bond donors (Lipinski definition) is 1. The summed E-state index contributed by atoms with van der Waals surface area (Å²) < 4.78 is 19.2. The molecule has 104 valence electrons. The highest BCUT2D eigenvalue weighted by atomic mass is 19.1. The summed E-state index contributed by atoms with van der Waals surface area (Å²) in [6.07, 6.45) is 2.44. The summed E-state index contributed by atoms with van der Waals surface area (Å²) in [5.74, 6) is 0.240. The van der Waals surface area contributed by atoms with Gasteiger partial charge in [0.25, 0.3) is 0 Å². The maximum absolute atomic E-state index is 13.2. The Kier molecular flexibility index (Phi) is 2.98. The fourth-order valence-corrected chi connectivity index (χ4v) is 2.61. The van der Waals surface area contributed by atoms with Crippen LogP contribution in [0.5, 0.6) is 5.75 Å². The first kappa shape index (κ1) is 13.1. The molecular weight excluding hydrogens is 257 g/mol. The van der Waals surface area contributed by atoms with E-state index in [1.807, 2.05) is 26.0 Å². The first-order chi connectivity index (χ1) is 9.46. The Morgan fingerprint density at radius 3 is 2.90 bits per heavy atom. The van der Waals surface area contributed by atoms with E-state index in [0.29, 0.717) is 16.9 Å². The third kappa shape index (κ3) is 2.27. The van der Waals surface area contributed by atoms with Crippen molar-refractivity contribution in [2.45, 2.75) is 32.0 Å². The fourth-order valence-electron chi connectivity index (χ4n) is 2.61. The van der Waals surface area contributed by atoms with Crippen LogP contribution in [0.3, 0.4) is 0 Å². The second-order valence-corrected chi connectivity index (χ2v) is 5.71. The third-order valence-electron chi connectivity index (χ3n) is 3.46. The van der Waals surface area contributed by atoms with Gasteiger partial charge in [0.05, 0.1) is 6.20 Å². The SMILES string of the molecule is CC1(C)Cc2cccc(C(O)c3cncc(F)c3)c2O1. The van der Waals surface area contributed by atoms with E-state index in [1.54, 1.807) is 6.07 Å². The summed E-state index contributed by atoms with van der Waals surface area (Å²) in [6, 6.07) is 6.96. The van der Waals surface area contributed by atoms with Crippen LogP contribution in [0.15, 0.2) is 36.7 Å². The summed E-state index contributed by atoms with van der Waals surface area (Å²) in [6.45, 7) is 4.01. The van der Waals surface area contributed by atoms with Crippen molar-refractivity contribution in [1.29, 1.82) is 0 Å². The number of hydrogen-bond acceptors (Lipinski definition) is 3. The molecule has 0 saturated carbocycles. The molecule has 2 aromatic rings. The predicted octanol–water partition coefficient (Wildman–Crippen LogP) is 3.02. The number of benzene rings is 1. The van der Waals surface area contributed by atoms with Gasteiger partial charge in [-0.2, -0.15) is 0 Å². The van der Waals surface area contributed by atoms with Crippen molar-refractivity contribution in [3.63, 3.8) is 0 Å². The molecule has 0 amide bonds. The van der Waals surface area contributed by atoms with Crippen LogP contribution in [-0.2, 0) is 6.42 Å². The first-order valence-electron chi connectivity index (χ1n) is 6.56. The molecule has 0 spiro atoms. The van der Waals surface area contributed by atoms with E-state index >= 15 is 0 Å². The van der Waals surface area contributed by atoms with Gasteiger partial charge in [-0.05, 0) is 25.5 Å². The molecule has 1 aliphatic rings. The maximum Gasteiger partial charge on any atom is 0.141 e. The van der Waals surface area contributed by atoms with Crippen molar-refractivity contribution in [3.8, 4) is 5.75 Å². The van der Waals surface area contributed by atoms with Crippen molar-refractivity contribution in [1.82, 2.24) is 4.98 Å². The molecule has 1 aliphatic heterocycles. The lowest BCUT2D eigenvalue weighted by Gasteiger charge is -2.20. The summed E-state index contributed by atoms with van der Waals surface area (Å²) in [7, 11) is 0. The van der Waals surface area contributed by atoms with Crippen LogP contribution in [0, 0.1) is 5.82 Å². The quantitative estimate of drug-likeness (QED) is 0.914. The zero-order valence-corrected chi connectivity index (χ0v) is 11.4. The molecule has 0 fully saturated rings. The number of para-hydroxylation sites is 1. The third-order valence-corrected chi connectivity index (χ3v) is 3.46. The molecule has 0 radical (unpaired) electrons. The second-order valence-electron chi connectivity index (χ2n) is 5.71. The molecule has 20 heavy (non-hydrogen) atoms. The first-order valence-corrected chi connectivity index (χ1v) is 6.56. The molecule has 0 aliphatic carbocycles. The number of rotatable bonds is 2. The molecule has 0 bridgehead atoms. The molecule has 1 N–H and O–H groups in total. The maximum atomic E-state index is 13.2. The second kappa shape index (κ2) is 4.56. The lowest BCUT2D eigenvalue weighted by molar-refractivity contribution is 0.131. The Labute approximate surface area is 117 Å². The van der Waals surface area contributed by atoms with Crippen molar-refractivity contribution in [2.24, 2.45) is 0 Å². The van der Waals surface area contributed by atoms with Crippen LogP contribution in [0.2, 0.25) is 0 Å². The highest BCUT2D eigenvalue weighted by Gasteiger charge is 2.33. The number of aliphatic hydroxyl groups is 1. The molecule has 2 heterocycles. The summed E-state index contributed by atoms with van der Waals surface area (Å²) >= 11 is 0. The van der Waals surface area contributed by atoms with Crippen molar-refractivity contribution >= 4 is 0 Å². The molecule has 1 unspecified atom stereocenters. The van der Waals surface area contributed by atoms with Gasteiger partial charge in [-0.15, -0.1) is 0 Å². The highest BCUT2D eigenvalue weighted by molar-refractivity contribution is 5.49. The average molecular weight is 273 g/mol. The molecule has 3 rings (SSSR count). The van der Waals surface area contributed by atoms with Crippen LogP contribution in [0.1, 0.15) is 36.6 Å². The van der Waals surface area contributed by atoms with Gasteiger partial charge in [0.2, 0.25) is 0 Å². The van der Waals surface area contributed by atoms with Gasteiger partial charge in [0.15, 0.2) is 0 Å². The van der Waals surface area contributed by atoms with Crippen LogP contribution in [0.25, 0.3) is 0 Å². The Morgan fingerprint density at radius 2 is 2.15 bits per heavy atom. The zero-order chi connectivity index (χ0) is 14.3. The normalized spacial score (nSPS) is 17.4. The number of aromatic nitrogens is 1. The van der Waals surface area contributed by atoms with E-state index < -0.39 is 11.9 Å². The van der Waals surface area contributed by atoms with Gasteiger partial charge < -0.3 is 9.84 Å². The van der Waals surface area contributed by atoms with Crippen LogP contribution >= 0.6 is 0 Å². The van der Waals surface area contributed by atoms with E-state index in [9.17, 15) is 9.50 Å². The average Bonchev–Trinajstić information content (AvgIpc) is 2.71. The lowest BCUT2D eigenvalue weighted by atomic mass is 9.97. The Balaban J connectivity index is 2.02. The summed E-state index contributed by atoms with van der Waals surface area (Å²) in [5, 5.41) is 10.5. The lowest BCUT2D eigenvalue weighted by Crippen LogP contribution is -2.25. The van der Waals surface area contributed by atoms with Crippen molar-refractivity contribution in [3.05, 3.63) is 59.2 Å². The zero-order valence-electron chi connectivity index (χ0n) is 11.4. The predicted molar refractivity (Wildman–Crippen MR) is 73.1 cm³/mol. The topological polar surface area (TPSA) is 42.4 Å². The van der Waals surface area contributed by atoms with Crippen LogP contribution in [-0.4, -0.2) is 15.7 Å². The minimum Gasteiger partial charge on any atom is -0.487 e. The van der Waals surface area contributed by atoms with E-state index in [-0.39, 0.29) is 5.60 Å². The Bertz CT molecular complexity index is 655. The van der Waals surface area contributed by atoms with Gasteiger partial charge in [0.1, 0.15) is 23.3 Å². The molecule has 3 nitrogen and oxygen atoms in total. The minimum atomic E-state index is -0.943. The molecule has 4 heteroatoms. The highest BCUT2D eigenvalue weighted by Crippen LogP contribution is 2.41. The molecule has 1 aromatic heterocycles. The summed E-state index contributed by atoms with van der Waals surface area (Å²) in [5.41, 5.74) is 1.86. The van der Waals surface area contributed by atoms with Gasteiger partial charge >= 0.3 is 0 Å². The van der Waals surface area contributed by atoms with Gasteiger partial charge in [0, 0.05) is 23.7 Å². The number of aliphatic hydroxyl groups excluding tert-OH is 1. The molecule has 1 atom stereocenters. The van der Waals surface area contributed by atoms with E-state index in [2.05, 4.69) is 4.98 Å². The monoisotopic (exact) mass is 273 g/mol. The number of nitrogens with zero attached hydrogens (tertiary/aromatic N) is 1. The molecular formula is C16H16FNO2. The standard InChI is InChI=1S/C16H16FNO2/c1-16(2)7-10-4-3-5-13(15(10)20-16)14(19)11-6-12(17)9-18-8-11/h3-6,8-9,14,19H,7H2,1-2H3. The Hall–Kier alpha value is -1.94. The summed E-state index contributed by atoms with van der Waals surface area (Å²) in [4.78, 5) is 3.78. The van der Waals surface area contributed by atoms with Crippen molar-refractivity contribution in [2.75, 3.05) is 0 Å². The number of pyridine rings is 1. The van der Waals surface area contributed by atoms with Crippen molar-refractivity contribution < 1.29 is 14.2 Å². The van der Waals surface area contributed by atoms with E-state index in [0.717, 1.165) is 18.2 Å². The van der Waals surface area contributed by atoms with E-state index in [1.165, 1.54) is 12.3 Å². The van der Waals surface area contributed by atoms with Crippen LogP contribution < -0.4 is 4.74 Å². The number of halogens is 1. The van der Waals surface area contributed by atoms with Gasteiger partial charge in [-0.25, -0.2) is 4.39 Å². The smallest absolute Gasteiger partial charge is 0.141 e. The fraction of sp³-hybridized carbons (Fsp3) is 0.312. The number of ether oxygens (including phenoxy) is 1. The minimum absolute atomic E-state index is 0.279. The van der Waals surface area contributed by atoms with E-state index in [4.69, 9.17) is 4.74 Å². The largest absolute Gasteiger partial charge is 0.487 e. The van der Waals surface area contributed by atoms with Crippen LogP contribution in [0.4, 0.5) is 4.39 Å².